The van der Waals surface area contributed by atoms with Gasteiger partial charge in [-0.25, -0.2) is 13.1 Å². The van der Waals surface area contributed by atoms with Crippen molar-refractivity contribution in [2.45, 2.75) is 69.4 Å². The molecule has 4 rings (SSSR count). The smallest absolute Gasteiger partial charge is 0.265 e. The molecular formula is C24H30N2O4S. The molecule has 2 aliphatic rings. The molecule has 7 heteroatoms. The van der Waals surface area contributed by atoms with Gasteiger partial charge in [0.2, 0.25) is 10.0 Å². The first-order valence-corrected chi connectivity index (χ1v) is 12.5. The predicted molar refractivity (Wildman–Crippen MR) is 121 cm³/mol. The number of nitrogens with one attached hydrogen (secondary N) is 1. The standard InChI is InChI=1S/C24H30N2O4S/c1-17-14-21(31(28,29)25-20-9-4-3-5-10-20)12-13-23(17)30-16-24(27)26-18(2)15-19-8-6-7-11-22(19)26/h6-8,11-14,18,20,25H,3-5,9-10,15-16H2,1-2H3/t18-/m0/s1. The number of fused-ring (bicyclic) bond motifs is 1. The minimum atomic E-state index is -3.56. The SMILES string of the molecule is Cc1cc(S(=O)(=O)NC2CCCCC2)ccc1OCC(=O)N1c2ccccc2C[C@@H]1C. The van der Waals surface area contributed by atoms with Gasteiger partial charge in [0.15, 0.2) is 6.61 Å². The predicted octanol–water partition coefficient (Wildman–Crippen LogP) is 3.96. The van der Waals surface area contributed by atoms with Gasteiger partial charge in [-0.05, 0) is 68.5 Å². The van der Waals surface area contributed by atoms with E-state index in [-0.39, 0.29) is 29.5 Å². The Balaban J connectivity index is 1.41. The van der Waals surface area contributed by atoms with Crippen LogP contribution in [0.1, 0.15) is 50.2 Å². The molecule has 0 radical (unpaired) electrons. The van der Waals surface area contributed by atoms with Crippen LogP contribution in [0.4, 0.5) is 5.69 Å². The van der Waals surface area contributed by atoms with Gasteiger partial charge in [-0.2, -0.15) is 0 Å². The van der Waals surface area contributed by atoms with Gasteiger partial charge in [-0.1, -0.05) is 37.5 Å². The average Bonchev–Trinajstić information content (AvgIpc) is 3.08. The summed E-state index contributed by atoms with van der Waals surface area (Å²) in [5.74, 6) is 0.414. The van der Waals surface area contributed by atoms with Crippen molar-refractivity contribution < 1.29 is 17.9 Å². The Bertz CT molecular complexity index is 1060. The van der Waals surface area contributed by atoms with Crippen LogP contribution in [-0.2, 0) is 21.2 Å². The number of para-hydroxylation sites is 1. The number of hydrogen-bond acceptors (Lipinski definition) is 4. The summed E-state index contributed by atoms with van der Waals surface area (Å²) in [6.07, 6.45) is 5.91. The monoisotopic (exact) mass is 442 g/mol. The maximum atomic E-state index is 12.8. The summed E-state index contributed by atoms with van der Waals surface area (Å²) in [6.45, 7) is 3.74. The Hall–Kier alpha value is -2.38. The first-order valence-electron chi connectivity index (χ1n) is 11.0. The van der Waals surface area contributed by atoms with Crippen molar-refractivity contribution in [1.29, 1.82) is 0 Å². The Labute approximate surface area is 184 Å². The summed E-state index contributed by atoms with van der Waals surface area (Å²) >= 11 is 0. The van der Waals surface area contributed by atoms with Gasteiger partial charge in [-0.15, -0.1) is 0 Å². The zero-order valence-corrected chi connectivity index (χ0v) is 19.0. The van der Waals surface area contributed by atoms with Gasteiger partial charge in [0.05, 0.1) is 4.90 Å². The summed E-state index contributed by atoms with van der Waals surface area (Å²) < 4.78 is 34.1. The molecule has 1 aliphatic carbocycles. The molecule has 0 spiro atoms. The van der Waals surface area contributed by atoms with Crippen molar-refractivity contribution in [1.82, 2.24) is 4.72 Å². The average molecular weight is 443 g/mol. The molecule has 0 aromatic heterocycles. The van der Waals surface area contributed by atoms with E-state index in [0.29, 0.717) is 11.3 Å². The van der Waals surface area contributed by atoms with E-state index in [2.05, 4.69) is 4.72 Å². The molecule has 1 heterocycles. The van der Waals surface area contributed by atoms with Crippen LogP contribution >= 0.6 is 0 Å². The normalized spacial score (nSPS) is 19.3. The van der Waals surface area contributed by atoms with E-state index in [9.17, 15) is 13.2 Å². The number of amides is 1. The second-order valence-corrected chi connectivity index (χ2v) is 10.3. The van der Waals surface area contributed by atoms with Crippen molar-refractivity contribution >= 4 is 21.6 Å². The van der Waals surface area contributed by atoms with Crippen molar-refractivity contribution in [2.24, 2.45) is 0 Å². The fourth-order valence-electron chi connectivity index (χ4n) is 4.61. The maximum absolute atomic E-state index is 12.8. The van der Waals surface area contributed by atoms with Gasteiger partial charge >= 0.3 is 0 Å². The lowest BCUT2D eigenvalue weighted by atomic mass is 9.96. The lowest BCUT2D eigenvalue weighted by Crippen LogP contribution is -2.39. The number of carbonyl (C=O) groups is 1. The summed E-state index contributed by atoms with van der Waals surface area (Å²) in [7, 11) is -3.56. The summed E-state index contributed by atoms with van der Waals surface area (Å²) in [5.41, 5.74) is 2.80. The number of nitrogens with zero attached hydrogens (tertiary/aromatic N) is 1. The quantitative estimate of drug-likeness (QED) is 0.735. The number of carbonyl (C=O) groups excluding carboxylic acids is 1. The molecule has 1 atom stereocenters. The van der Waals surface area contributed by atoms with Gasteiger partial charge in [0, 0.05) is 17.8 Å². The van der Waals surface area contributed by atoms with Crippen molar-refractivity contribution in [3.8, 4) is 5.75 Å². The number of anilines is 1. The van der Waals surface area contributed by atoms with E-state index >= 15 is 0 Å². The van der Waals surface area contributed by atoms with E-state index < -0.39 is 10.0 Å². The third-order valence-corrected chi connectivity index (χ3v) is 7.73. The molecular weight excluding hydrogens is 412 g/mol. The Morgan fingerprint density at radius 2 is 1.87 bits per heavy atom. The summed E-state index contributed by atoms with van der Waals surface area (Å²) in [6, 6.07) is 12.8. The van der Waals surface area contributed by atoms with E-state index in [4.69, 9.17) is 4.74 Å². The van der Waals surface area contributed by atoms with Gasteiger partial charge in [0.25, 0.3) is 5.91 Å². The molecule has 31 heavy (non-hydrogen) atoms. The molecule has 1 N–H and O–H groups in total. The molecule has 2 aromatic carbocycles. The van der Waals surface area contributed by atoms with Crippen LogP contribution in [0.5, 0.6) is 5.75 Å². The van der Waals surface area contributed by atoms with Crippen LogP contribution in [0.15, 0.2) is 47.4 Å². The van der Waals surface area contributed by atoms with Crippen molar-refractivity contribution in [2.75, 3.05) is 11.5 Å². The molecule has 166 valence electrons. The number of hydrogen-bond donors (Lipinski definition) is 1. The lowest BCUT2D eigenvalue weighted by molar-refractivity contribution is -0.120. The minimum absolute atomic E-state index is 0.0120. The van der Waals surface area contributed by atoms with Crippen LogP contribution < -0.4 is 14.4 Å². The number of aryl methyl sites for hydroxylation is 1. The highest BCUT2D eigenvalue weighted by Gasteiger charge is 2.30. The van der Waals surface area contributed by atoms with E-state index in [1.807, 2.05) is 31.2 Å². The van der Waals surface area contributed by atoms with Crippen LogP contribution in [-0.4, -0.2) is 33.0 Å². The highest BCUT2D eigenvalue weighted by atomic mass is 32.2. The first kappa shape index (κ1) is 21.8. The van der Waals surface area contributed by atoms with Crippen molar-refractivity contribution in [3.05, 3.63) is 53.6 Å². The highest BCUT2D eigenvalue weighted by Crippen LogP contribution is 2.32. The molecule has 1 aliphatic heterocycles. The topological polar surface area (TPSA) is 75.7 Å². The first-order chi connectivity index (χ1) is 14.8. The zero-order valence-electron chi connectivity index (χ0n) is 18.1. The van der Waals surface area contributed by atoms with Crippen LogP contribution in [0.2, 0.25) is 0 Å². The fourth-order valence-corrected chi connectivity index (χ4v) is 6.00. The molecule has 1 saturated carbocycles. The Morgan fingerprint density at radius 1 is 1.13 bits per heavy atom. The molecule has 2 aromatic rings. The van der Waals surface area contributed by atoms with Gasteiger partial charge < -0.3 is 9.64 Å². The second-order valence-electron chi connectivity index (χ2n) is 8.62. The largest absolute Gasteiger partial charge is 0.483 e. The molecule has 0 bridgehead atoms. The van der Waals surface area contributed by atoms with E-state index in [0.717, 1.165) is 37.8 Å². The lowest BCUT2D eigenvalue weighted by Gasteiger charge is -2.23. The third kappa shape index (κ3) is 4.77. The van der Waals surface area contributed by atoms with E-state index in [1.165, 1.54) is 12.0 Å². The number of ether oxygens (including phenoxy) is 1. The van der Waals surface area contributed by atoms with E-state index in [1.54, 1.807) is 30.0 Å². The number of benzene rings is 2. The third-order valence-electron chi connectivity index (χ3n) is 6.21. The van der Waals surface area contributed by atoms with Crippen molar-refractivity contribution in [3.63, 3.8) is 0 Å². The number of sulfonamides is 1. The molecule has 1 fully saturated rings. The highest BCUT2D eigenvalue weighted by molar-refractivity contribution is 7.89. The molecule has 0 saturated heterocycles. The second kappa shape index (κ2) is 9.01. The Kier molecular flexibility index (Phi) is 6.34. The minimum Gasteiger partial charge on any atom is -0.483 e. The molecule has 6 nitrogen and oxygen atoms in total. The number of rotatable bonds is 6. The van der Waals surface area contributed by atoms with Crippen LogP contribution in [0, 0.1) is 6.92 Å². The van der Waals surface area contributed by atoms with Gasteiger partial charge in [0.1, 0.15) is 5.75 Å². The van der Waals surface area contributed by atoms with Crippen LogP contribution in [0.3, 0.4) is 0 Å². The molecule has 1 amide bonds. The van der Waals surface area contributed by atoms with Crippen LogP contribution in [0.25, 0.3) is 0 Å². The van der Waals surface area contributed by atoms with Gasteiger partial charge in [-0.3, -0.25) is 4.79 Å². The Morgan fingerprint density at radius 3 is 2.61 bits per heavy atom. The zero-order chi connectivity index (χ0) is 22.0. The summed E-state index contributed by atoms with van der Waals surface area (Å²) in [4.78, 5) is 14.9. The summed E-state index contributed by atoms with van der Waals surface area (Å²) in [5, 5.41) is 0. The fraction of sp³-hybridized carbons (Fsp3) is 0.458. The molecule has 0 unspecified atom stereocenters. The maximum Gasteiger partial charge on any atom is 0.265 e.